The van der Waals surface area contributed by atoms with Gasteiger partial charge in [0.1, 0.15) is 0 Å². The second-order valence-electron chi connectivity index (χ2n) is 11.4. The zero-order chi connectivity index (χ0) is 20.4. The molecule has 0 unspecified atom stereocenters. The van der Waals surface area contributed by atoms with Crippen molar-refractivity contribution in [1.82, 2.24) is 0 Å². The van der Waals surface area contributed by atoms with E-state index in [-0.39, 0.29) is 34.7 Å². The highest BCUT2D eigenvalue weighted by atomic mass is 16.5. The van der Waals surface area contributed by atoms with Crippen LogP contribution in [0.2, 0.25) is 0 Å². The molecule has 4 aliphatic rings. The lowest BCUT2D eigenvalue weighted by Crippen LogP contribution is -2.60. The summed E-state index contributed by atoms with van der Waals surface area (Å²) in [7, 11) is 0. The van der Waals surface area contributed by atoms with Crippen molar-refractivity contribution in [2.45, 2.75) is 91.6 Å². The first kappa shape index (κ1) is 20.7. The van der Waals surface area contributed by atoms with E-state index in [2.05, 4.69) is 20.8 Å². The van der Waals surface area contributed by atoms with E-state index in [1.54, 1.807) is 0 Å². The molecule has 4 fully saturated rings. The maximum atomic E-state index is 13.1. The van der Waals surface area contributed by atoms with Crippen LogP contribution in [-0.2, 0) is 9.53 Å². The second kappa shape index (κ2) is 6.70. The fourth-order valence-electron chi connectivity index (χ4n) is 8.88. The molecular formula is C24H40O4. The highest BCUT2D eigenvalue weighted by Crippen LogP contribution is 2.75. The van der Waals surface area contributed by atoms with Gasteiger partial charge in [-0.2, -0.15) is 0 Å². The molecular weight excluding hydrogens is 352 g/mol. The Kier molecular flexibility index (Phi) is 4.94. The molecule has 2 bridgehead atoms. The zero-order valence-corrected chi connectivity index (χ0v) is 18.3. The third-order valence-electron chi connectivity index (χ3n) is 10.0. The maximum absolute atomic E-state index is 13.1. The van der Waals surface area contributed by atoms with Gasteiger partial charge in [-0.25, -0.2) is 0 Å². The molecule has 0 saturated heterocycles. The summed E-state index contributed by atoms with van der Waals surface area (Å²) in [5, 5.41) is 21.4. The minimum atomic E-state index is -0.396. The summed E-state index contributed by atoms with van der Waals surface area (Å²) < 4.78 is 5.68. The lowest BCUT2D eigenvalue weighted by atomic mass is 9.39. The van der Waals surface area contributed by atoms with Crippen LogP contribution in [0.15, 0.2) is 0 Å². The number of esters is 1. The van der Waals surface area contributed by atoms with Crippen LogP contribution in [0.1, 0.15) is 85.5 Å². The Hall–Kier alpha value is -0.610. The Morgan fingerprint density at radius 3 is 2.46 bits per heavy atom. The fourth-order valence-corrected chi connectivity index (χ4v) is 8.88. The van der Waals surface area contributed by atoms with Crippen LogP contribution >= 0.6 is 0 Å². The summed E-state index contributed by atoms with van der Waals surface area (Å²) in [5.74, 6) is 0.824. The molecule has 0 aliphatic heterocycles. The molecule has 28 heavy (non-hydrogen) atoms. The van der Waals surface area contributed by atoms with Gasteiger partial charge in [-0.15, -0.1) is 0 Å². The normalized spacial score (nSPS) is 52.6. The predicted octanol–water partition coefficient (Wildman–Crippen LogP) is 4.32. The monoisotopic (exact) mass is 392 g/mol. The highest BCUT2D eigenvalue weighted by Gasteiger charge is 2.71. The lowest BCUT2D eigenvalue weighted by Gasteiger charge is -2.64. The molecule has 4 heteroatoms. The minimum Gasteiger partial charge on any atom is -0.465 e. The van der Waals surface area contributed by atoms with Crippen LogP contribution in [0, 0.1) is 39.4 Å². The van der Waals surface area contributed by atoms with Crippen molar-refractivity contribution in [3.8, 4) is 0 Å². The number of aliphatic hydroxyl groups excluding tert-OH is 2. The third-order valence-corrected chi connectivity index (χ3v) is 10.0. The summed E-state index contributed by atoms with van der Waals surface area (Å²) >= 11 is 0. The van der Waals surface area contributed by atoms with Gasteiger partial charge in [-0.1, -0.05) is 27.2 Å². The maximum Gasteiger partial charge on any atom is 0.312 e. The molecule has 4 aliphatic carbocycles. The average Bonchev–Trinajstić information content (AvgIpc) is 2.80. The van der Waals surface area contributed by atoms with Gasteiger partial charge in [0, 0.05) is 12.5 Å². The molecule has 4 saturated carbocycles. The summed E-state index contributed by atoms with van der Waals surface area (Å²) in [4.78, 5) is 13.1. The predicted molar refractivity (Wildman–Crippen MR) is 109 cm³/mol. The van der Waals surface area contributed by atoms with Gasteiger partial charge in [0.15, 0.2) is 0 Å². The molecule has 0 amide bonds. The van der Waals surface area contributed by atoms with Gasteiger partial charge in [0.25, 0.3) is 0 Å². The average molecular weight is 393 g/mol. The summed E-state index contributed by atoms with van der Waals surface area (Å²) in [5.41, 5.74) is -0.311. The Balaban J connectivity index is 1.70. The van der Waals surface area contributed by atoms with Crippen LogP contribution in [0.3, 0.4) is 0 Å². The molecule has 0 aromatic rings. The van der Waals surface area contributed by atoms with Crippen molar-refractivity contribution < 1.29 is 19.7 Å². The van der Waals surface area contributed by atoms with Gasteiger partial charge in [0.2, 0.25) is 0 Å². The molecule has 8 atom stereocenters. The van der Waals surface area contributed by atoms with Gasteiger partial charge in [-0.05, 0) is 86.4 Å². The Morgan fingerprint density at radius 2 is 1.79 bits per heavy atom. The number of hydrogen-bond acceptors (Lipinski definition) is 4. The summed E-state index contributed by atoms with van der Waals surface area (Å²) in [6, 6.07) is 0. The molecule has 0 heterocycles. The highest BCUT2D eigenvalue weighted by molar-refractivity contribution is 5.77. The number of ether oxygens (including phenoxy) is 1. The zero-order valence-electron chi connectivity index (χ0n) is 18.3. The topological polar surface area (TPSA) is 66.8 Å². The first-order chi connectivity index (χ1) is 13.2. The van der Waals surface area contributed by atoms with Crippen molar-refractivity contribution in [3.63, 3.8) is 0 Å². The Morgan fingerprint density at radius 1 is 1.07 bits per heavy atom. The van der Waals surface area contributed by atoms with Gasteiger partial charge < -0.3 is 14.9 Å². The van der Waals surface area contributed by atoms with Gasteiger partial charge in [0.05, 0.1) is 18.1 Å². The molecule has 0 radical (unpaired) electrons. The largest absolute Gasteiger partial charge is 0.465 e. The van der Waals surface area contributed by atoms with E-state index in [9.17, 15) is 15.0 Å². The van der Waals surface area contributed by atoms with E-state index in [0.29, 0.717) is 18.4 Å². The molecule has 0 aromatic carbocycles. The van der Waals surface area contributed by atoms with E-state index >= 15 is 0 Å². The van der Waals surface area contributed by atoms with Crippen molar-refractivity contribution in [2.24, 2.45) is 39.4 Å². The van der Waals surface area contributed by atoms with Gasteiger partial charge >= 0.3 is 5.97 Å². The van der Waals surface area contributed by atoms with E-state index in [1.165, 1.54) is 0 Å². The fraction of sp³-hybridized carbons (Fsp3) is 0.958. The summed E-state index contributed by atoms with van der Waals surface area (Å²) in [6.45, 7) is 9.46. The van der Waals surface area contributed by atoms with Crippen LogP contribution in [0.25, 0.3) is 0 Å². The van der Waals surface area contributed by atoms with Crippen LogP contribution in [0.5, 0.6) is 0 Å². The third kappa shape index (κ3) is 2.52. The van der Waals surface area contributed by atoms with Crippen molar-refractivity contribution in [1.29, 1.82) is 0 Å². The van der Waals surface area contributed by atoms with E-state index in [0.717, 1.165) is 57.8 Å². The number of carbonyl (C=O) groups excluding carboxylic acids is 1. The number of fused-ring (bicyclic) bond motifs is 3. The molecule has 4 rings (SSSR count). The summed E-state index contributed by atoms with van der Waals surface area (Å²) in [6.07, 6.45) is 8.88. The molecule has 160 valence electrons. The Labute approximate surface area is 170 Å². The quantitative estimate of drug-likeness (QED) is 0.699. The van der Waals surface area contributed by atoms with Crippen LogP contribution in [-0.4, -0.2) is 35.5 Å². The number of carbonyl (C=O) groups is 1. The molecule has 0 aromatic heterocycles. The first-order valence-corrected chi connectivity index (χ1v) is 11.6. The lowest BCUT2D eigenvalue weighted by molar-refractivity contribution is -0.193. The van der Waals surface area contributed by atoms with E-state index in [4.69, 9.17) is 4.74 Å². The SMILES string of the molecule is CCCOC(=O)[C@]1(C)CCC[C@@]2(C)[C@@H]3CC[C@@]4(C)C[C@]3(CC[C@@H]21)[C@H](CO)[C@H]4O. The molecule has 4 nitrogen and oxygen atoms in total. The van der Waals surface area contributed by atoms with Crippen LogP contribution < -0.4 is 0 Å². The molecule has 1 spiro atoms. The standard InChI is InChI=1S/C24H40O4/c1-5-13-28-20(27)23(4)10-6-9-22(3)17(23)8-12-24-15-21(2,11-7-18(22)24)19(26)16(24)14-25/h16-19,25-26H,5-15H2,1-4H3/t16-,17+,18+,19-,21+,22-,23-,24-/m1/s1. The Bertz CT molecular complexity index is 634. The van der Waals surface area contributed by atoms with Crippen molar-refractivity contribution >= 4 is 5.97 Å². The second-order valence-corrected chi connectivity index (χ2v) is 11.4. The number of hydrogen-bond donors (Lipinski definition) is 2. The smallest absolute Gasteiger partial charge is 0.312 e. The van der Waals surface area contributed by atoms with Gasteiger partial charge in [-0.3, -0.25) is 4.79 Å². The number of aliphatic hydroxyl groups is 2. The van der Waals surface area contributed by atoms with Crippen molar-refractivity contribution in [3.05, 3.63) is 0 Å². The van der Waals surface area contributed by atoms with Crippen LogP contribution in [0.4, 0.5) is 0 Å². The van der Waals surface area contributed by atoms with E-state index < -0.39 is 11.5 Å². The van der Waals surface area contributed by atoms with E-state index in [1.807, 2.05) is 6.92 Å². The number of rotatable bonds is 4. The first-order valence-electron chi connectivity index (χ1n) is 11.6. The minimum absolute atomic E-state index is 0.00652. The molecule has 2 N–H and O–H groups in total. The van der Waals surface area contributed by atoms with Crippen molar-refractivity contribution in [2.75, 3.05) is 13.2 Å².